The minimum Gasteiger partial charge on any atom is -0.383 e. The minimum atomic E-state index is -0.268. The second kappa shape index (κ2) is 4.74. The lowest BCUT2D eigenvalue weighted by molar-refractivity contribution is 0.102. The predicted octanol–water partition coefficient (Wildman–Crippen LogP) is 2.16. The quantitative estimate of drug-likeness (QED) is 0.732. The summed E-state index contributed by atoms with van der Waals surface area (Å²) >= 11 is 2.22. The summed E-state index contributed by atoms with van der Waals surface area (Å²) in [6.45, 7) is 2.02. The Morgan fingerprint density at radius 2 is 2.29 bits per heavy atom. The number of hydrogen-bond donors (Lipinski definition) is 3. The fourth-order valence-electron chi connectivity index (χ4n) is 1.35. The number of nitrogen functional groups attached to an aromatic ring is 1. The molecule has 0 bridgehead atoms. The monoisotopic (exact) mass is 342 g/mol. The van der Waals surface area contributed by atoms with Crippen molar-refractivity contribution < 1.29 is 4.79 Å². The summed E-state index contributed by atoms with van der Waals surface area (Å²) in [6, 6.07) is 5.71. The van der Waals surface area contributed by atoms with Gasteiger partial charge in [0.2, 0.25) is 0 Å². The normalized spacial score (nSPS) is 10.2. The van der Waals surface area contributed by atoms with Gasteiger partial charge in [0.15, 0.2) is 0 Å². The largest absolute Gasteiger partial charge is 0.383 e. The number of carbonyl (C=O) groups excluding carboxylic acids is 1. The van der Waals surface area contributed by atoms with Crippen molar-refractivity contribution in [3.8, 4) is 0 Å². The molecule has 2 aromatic rings. The molecule has 0 atom stereocenters. The van der Waals surface area contributed by atoms with Gasteiger partial charge in [-0.1, -0.05) is 6.07 Å². The average molecular weight is 342 g/mol. The number of anilines is 2. The summed E-state index contributed by atoms with van der Waals surface area (Å²) in [7, 11) is 0. The molecule has 0 aliphatic heterocycles. The number of nitrogens with zero attached hydrogens (tertiary/aromatic N) is 1. The molecule has 1 heterocycles. The van der Waals surface area contributed by atoms with Crippen LogP contribution >= 0.6 is 22.6 Å². The molecule has 17 heavy (non-hydrogen) atoms. The van der Waals surface area contributed by atoms with Gasteiger partial charge in [-0.05, 0) is 47.2 Å². The lowest BCUT2D eigenvalue weighted by atomic mass is 10.2. The highest BCUT2D eigenvalue weighted by atomic mass is 127. The van der Waals surface area contributed by atoms with Gasteiger partial charge in [0, 0.05) is 9.26 Å². The molecule has 5 nitrogen and oxygen atoms in total. The van der Waals surface area contributed by atoms with E-state index in [2.05, 4.69) is 38.1 Å². The van der Waals surface area contributed by atoms with Gasteiger partial charge in [0.1, 0.15) is 11.4 Å². The van der Waals surface area contributed by atoms with E-state index in [0.29, 0.717) is 5.56 Å². The summed E-state index contributed by atoms with van der Waals surface area (Å²) < 4.78 is 1.10. The molecule has 0 aliphatic rings. The molecule has 0 unspecified atom stereocenters. The summed E-state index contributed by atoms with van der Waals surface area (Å²) in [6.07, 6.45) is 1.41. The summed E-state index contributed by atoms with van der Waals surface area (Å²) in [5, 5.41) is 8.99. The standard InChI is InChI=1S/C11H11IN4O/c1-6-2-3-7(4-9(6)12)15-11(17)8-5-14-16-10(8)13/h2-5H,1H3,(H,15,17)(H3,13,14,16). The Hall–Kier alpha value is -1.57. The zero-order valence-corrected chi connectivity index (χ0v) is 11.3. The average Bonchev–Trinajstić information content (AvgIpc) is 2.70. The van der Waals surface area contributed by atoms with E-state index in [9.17, 15) is 4.79 Å². The third kappa shape index (κ3) is 2.57. The number of aromatic nitrogens is 2. The second-order valence-electron chi connectivity index (χ2n) is 3.62. The smallest absolute Gasteiger partial charge is 0.261 e. The third-order valence-corrected chi connectivity index (χ3v) is 3.51. The minimum absolute atomic E-state index is 0.268. The van der Waals surface area contributed by atoms with E-state index < -0.39 is 0 Å². The Labute approximate surface area is 112 Å². The van der Waals surface area contributed by atoms with Crippen molar-refractivity contribution in [1.29, 1.82) is 0 Å². The maximum Gasteiger partial charge on any atom is 0.261 e. The zero-order valence-electron chi connectivity index (χ0n) is 9.12. The first-order valence-electron chi connectivity index (χ1n) is 4.94. The van der Waals surface area contributed by atoms with Crippen molar-refractivity contribution in [2.75, 3.05) is 11.1 Å². The van der Waals surface area contributed by atoms with E-state index >= 15 is 0 Å². The molecule has 6 heteroatoms. The molecular weight excluding hydrogens is 331 g/mol. The number of aromatic amines is 1. The van der Waals surface area contributed by atoms with E-state index in [4.69, 9.17) is 5.73 Å². The molecule has 1 aromatic heterocycles. The van der Waals surface area contributed by atoms with Crippen molar-refractivity contribution in [1.82, 2.24) is 10.2 Å². The van der Waals surface area contributed by atoms with E-state index in [1.54, 1.807) is 0 Å². The molecule has 2 rings (SSSR count). The van der Waals surface area contributed by atoms with Crippen molar-refractivity contribution in [2.45, 2.75) is 6.92 Å². The van der Waals surface area contributed by atoms with Crippen LogP contribution in [0, 0.1) is 10.5 Å². The molecule has 0 fully saturated rings. The molecule has 0 saturated carbocycles. The summed E-state index contributed by atoms with van der Waals surface area (Å²) in [5.74, 6) is 0.000196. The zero-order chi connectivity index (χ0) is 12.4. The number of nitrogens with one attached hydrogen (secondary N) is 2. The van der Waals surface area contributed by atoms with E-state index in [1.165, 1.54) is 11.8 Å². The van der Waals surface area contributed by atoms with Gasteiger partial charge in [-0.15, -0.1) is 0 Å². The summed E-state index contributed by atoms with van der Waals surface area (Å²) in [5.41, 5.74) is 7.83. The van der Waals surface area contributed by atoms with Crippen LogP contribution in [0.25, 0.3) is 0 Å². The highest BCUT2D eigenvalue weighted by Gasteiger charge is 2.11. The third-order valence-electron chi connectivity index (χ3n) is 2.34. The number of H-pyrrole nitrogens is 1. The van der Waals surface area contributed by atoms with Crippen molar-refractivity contribution >= 4 is 40.0 Å². The number of halogens is 1. The number of carbonyl (C=O) groups is 1. The van der Waals surface area contributed by atoms with Crippen LogP contribution in [0.15, 0.2) is 24.4 Å². The Morgan fingerprint density at radius 3 is 2.88 bits per heavy atom. The molecule has 0 aliphatic carbocycles. The highest BCUT2D eigenvalue weighted by molar-refractivity contribution is 14.1. The molecule has 1 amide bonds. The first-order chi connectivity index (χ1) is 8.08. The SMILES string of the molecule is Cc1ccc(NC(=O)c2cn[nH]c2N)cc1I. The summed E-state index contributed by atoms with van der Waals surface area (Å²) in [4.78, 5) is 11.8. The van der Waals surface area contributed by atoms with Crippen LogP contribution in [0.5, 0.6) is 0 Å². The Morgan fingerprint density at radius 1 is 1.53 bits per heavy atom. The van der Waals surface area contributed by atoms with Crippen molar-refractivity contribution in [2.24, 2.45) is 0 Å². The van der Waals surface area contributed by atoms with Gasteiger partial charge < -0.3 is 11.1 Å². The number of amides is 1. The highest BCUT2D eigenvalue weighted by Crippen LogP contribution is 2.18. The maximum absolute atomic E-state index is 11.8. The van der Waals surface area contributed by atoms with E-state index in [1.807, 2.05) is 25.1 Å². The van der Waals surface area contributed by atoms with Gasteiger partial charge in [0.25, 0.3) is 5.91 Å². The number of aryl methyl sites for hydroxylation is 1. The Balaban J connectivity index is 2.19. The molecule has 0 spiro atoms. The molecule has 4 N–H and O–H groups in total. The maximum atomic E-state index is 11.8. The molecule has 0 saturated heterocycles. The fraction of sp³-hybridized carbons (Fsp3) is 0.0909. The number of benzene rings is 1. The second-order valence-corrected chi connectivity index (χ2v) is 4.78. The van der Waals surface area contributed by atoms with E-state index in [0.717, 1.165) is 9.26 Å². The van der Waals surface area contributed by atoms with Crippen molar-refractivity contribution in [3.05, 3.63) is 39.1 Å². The lowest BCUT2D eigenvalue weighted by Gasteiger charge is -2.06. The first kappa shape index (κ1) is 11.9. The topological polar surface area (TPSA) is 83.8 Å². The molecular formula is C11H11IN4O. The molecule has 1 aromatic carbocycles. The van der Waals surface area contributed by atoms with Gasteiger partial charge in [0.05, 0.1) is 6.20 Å². The van der Waals surface area contributed by atoms with Crippen molar-refractivity contribution in [3.63, 3.8) is 0 Å². The van der Waals surface area contributed by atoms with Crippen LogP contribution in [0.3, 0.4) is 0 Å². The Kier molecular flexibility index (Phi) is 3.32. The number of nitrogens with two attached hydrogens (primary N) is 1. The van der Waals surface area contributed by atoms with Crippen LogP contribution < -0.4 is 11.1 Å². The van der Waals surface area contributed by atoms with Crippen LogP contribution in [-0.2, 0) is 0 Å². The predicted molar refractivity (Wildman–Crippen MR) is 74.8 cm³/mol. The van der Waals surface area contributed by atoms with Gasteiger partial charge in [-0.2, -0.15) is 5.10 Å². The fourth-order valence-corrected chi connectivity index (χ4v) is 1.86. The Bertz CT molecular complexity index is 564. The first-order valence-corrected chi connectivity index (χ1v) is 6.02. The molecule has 88 valence electrons. The number of hydrogen-bond acceptors (Lipinski definition) is 3. The van der Waals surface area contributed by atoms with Gasteiger partial charge in [-0.3, -0.25) is 9.89 Å². The lowest BCUT2D eigenvalue weighted by Crippen LogP contribution is -2.13. The van der Waals surface area contributed by atoms with Gasteiger partial charge >= 0.3 is 0 Å². The van der Waals surface area contributed by atoms with E-state index in [-0.39, 0.29) is 11.7 Å². The van der Waals surface area contributed by atoms with Crippen LogP contribution in [0.1, 0.15) is 15.9 Å². The van der Waals surface area contributed by atoms with Crippen LogP contribution in [0.2, 0.25) is 0 Å². The van der Waals surface area contributed by atoms with Gasteiger partial charge in [-0.25, -0.2) is 0 Å². The number of rotatable bonds is 2. The van der Waals surface area contributed by atoms with Crippen LogP contribution in [0.4, 0.5) is 11.5 Å². The molecule has 0 radical (unpaired) electrons. The van der Waals surface area contributed by atoms with Crippen LogP contribution in [-0.4, -0.2) is 16.1 Å².